The molecule has 0 bridgehead atoms. The van der Waals surface area contributed by atoms with Crippen LogP contribution in [0.4, 0.5) is 11.4 Å². The Kier molecular flexibility index (Phi) is 7.44. The van der Waals surface area contributed by atoms with Crippen molar-refractivity contribution in [2.45, 2.75) is 4.90 Å². The number of hydrogen-bond acceptors (Lipinski definition) is 7. The number of hydrogen-bond donors (Lipinski definition) is 2. The molecular weight excluding hydrogens is 394 g/mol. The molecule has 27 heavy (non-hydrogen) atoms. The van der Waals surface area contributed by atoms with E-state index in [1.54, 1.807) is 23.9 Å². The lowest BCUT2D eigenvalue weighted by Gasteiger charge is -2.08. The van der Waals surface area contributed by atoms with E-state index >= 15 is 0 Å². The summed E-state index contributed by atoms with van der Waals surface area (Å²) in [4.78, 5) is 34.7. The van der Waals surface area contributed by atoms with E-state index in [0.717, 1.165) is 17.0 Å². The van der Waals surface area contributed by atoms with E-state index in [0.29, 0.717) is 17.3 Å². The van der Waals surface area contributed by atoms with E-state index in [1.165, 1.54) is 6.07 Å². The molecular formula is C17H16ClN3O5S. The summed E-state index contributed by atoms with van der Waals surface area (Å²) in [7, 11) is 0. The molecule has 3 N–H and O–H groups in total. The normalized spacial score (nSPS) is 10.3. The van der Waals surface area contributed by atoms with Gasteiger partial charge in [0, 0.05) is 34.3 Å². The predicted octanol–water partition coefficient (Wildman–Crippen LogP) is 2.90. The van der Waals surface area contributed by atoms with E-state index in [9.17, 15) is 19.7 Å². The monoisotopic (exact) mass is 409 g/mol. The van der Waals surface area contributed by atoms with Crippen LogP contribution in [0.3, 0.4) is 0 Å². The average molecular weight is 410 g/mol. The summed E-state index contributed by atoms with van der Waals surface area (Å²) in [6.45, 7) is -0.0791. The number of thioether (sulfide) groups is 1. The van der Waals surface area contributed by atoms with Gasteiger partial charge in [-0.25, -0.2) is 4.79 Å². The Hall–Kier alpha value is -2.78. The lowest BCUT2D eigenvalue weighted by molar-refractivity contribution is -0.384. The van der Waals surface area contributed by atoms with Crippen LogP contribution in [0.1, 0.15) is 10.4 Å². The first-order valence-electron chi connectivity index (χ1n) is 7.73. The molecule has 10 heteroatoms. The number of nitrogens with zero attached hydrogens (tertiary/aromatic N) is 1. The summed E-state index contributed by atoms with van der Waals surface area (Å²) in [6.07, 6.45) is 0. The SMILES string of the molecule is Nc1cc([N+](=O)[O-])ccc1C(=O)OCC(=O)NCCSc1ccc(Cl)cc1. The highest BCUT2D eigenvalue weighted by atomic mass is 35.5. The van der Waals surface area contributed by atoms with E-state index in [4.69, 9.17) is 22.1 Å². The number of nitrogens with two attached hydrogens (primary N) is 1. The van der Waals surface area contributed by atoms with Crippen LogP contribution >= 0.6 is 23.4 Å². The van der Waals surface area contributed by atoms with Crippen LogP contribution in [0.5, 0.6) is 0 Å². The molecule has 0 heterocycles. The maximum atomic E-state index is 11.9. The highest BCUT2D eigenvalue weighted by Gasteiger charge is 2.16. The Labute approximate surface area is 164 Å². The molecule has 0 aliphatic carbocycles. The van der Waals surface area contributed by atoms with Gasteiger partial charge >= 0.3 is 5.97 Å². The number of carbonyl (C=O) groups is 2. The number of rotatable bonds is 8. The summed E-state index contributed by atoms with van der Waals surface area (Å²) in [6, 6.07) is 10.7. The van der Waals surface area contributed by atoms with Gasteiger partial charge in [-0.3, -0.25) is 14.9 Å². The second kappa shape index (κ2) is 9.79. The van der Waals surface area contributed by atoms with Gasteiger partial charge < -0.3 is 15.8 Å². The molecule has 142 valence electrons. The van der Waals surface area contributed by atoms with Crippen molar-refractivity contribution < 1.29 is 19.2 Å². The molecule has 2 aromatic carbocycles. The van der Waals surface area contributed by atoms with Crippen LogP contribution in [-0.4, -0.2) is 35.7 Å². The van der Waals surface area contributed by atoms with Crippen LogP contribution in [0.15, 0.2) is 47.4 Å². The number of non-ortho nitro benzene ring substituents is 1. The van der Waals surface area contributed by atoms with Gasteiger partial charge in [0.15, 0.2) is 6.61 Å². The number of esters is 1. The van der Waals surface area contributed by atoms with Crippen molar-refractivity contribution in [3.05, 3.63) is 63.2 Å². The van der Waals surface area contributed by atoms with Crippen molar-refractivity contribution >= 4 is 46.6 Å². The number of nitro groups is 1. The third-order valence-corrected chi connectivity index (χ3v) is 4.57. The van der Waals surface area contributed by atoms with Gasteiger partial charge in [-0.1, -0.05) is 11.6 Å². The van der Waals surface area contributed by atoms with E-state index in [-0.39, 0.29) is 16.9 Å². The van der Waals surface area contributed by atoms with E-state index in [1.807, 2.05) is 12.1 Å². The third-order valence-electron chi connectivity index (χ3n) is 3.31. The Balaban J connectivity index is 1.72. The molecule has 0 aromatic heterocycles. The number of nitrogens with one attached hydrogen (secondary N) is 1. The zero-order valence-electron chi connectivity index (χ0n) is 14.0. The van der Waals surface area contributed by atoms with Crippen LogP contribution in [0, 0.1) is 10.1 Å². The van der Waals surface area contributed by atoms with Crippen molar-refractivity contribution in [3.8, 4) is 0 Å². The number of carbonyl (C=O) groups excluding carboxylic acids is 2. The predicted molar refractivity (Wildman–Crippen MR) is 103 cm³/mol. The summed E-state index contributed by atoms with van der Waals surface area (Å²) in [5, 5.41) is 13.9. The molecule has 0 unspecified atom stereocenters. The lowest BCUT2D eigenvalue weighted by Crippen LogP contribution is -2.30. The first-order valence-corrected chi connectivity index (χ1v) is 9.09. The molecule has 8 nitrogen and oxygen atoms in total. The molecule has 0 radical (unpaired) electrons. The Bertz CT molecular complexity index is 845. The topological polar surface area (TPSA) is 125 Å². The van der Waals surface area contributed by atoms with E-state index in [2.05, 4.69) is 5.32 Å². The van der Waals surface area contributed by atoms with Crippen molar-refractivity contribution in [1.82, 2.24) is 5.32 Å². The molecule has 0 saturated heterocycles. The van der Waals surface area contributed by atoms with Gasteiger partial charge in [-0.2, -0.15) is 0 Å². The third kappa shape index (κ3) is 6.46. The van der Waals surface area contributed by atoms with Crippen molar-refractivity contribution in [3.63, 3.8) is 0 Å². The summed E-state index contributed by atoms with van der Waals surface area (Å²) >= 11 is 7.35. The summed E-state index contributed by atoms with van der Waals surface area (Å²) in [5.74, 6) is -0.648. The molecule has 2 aromatic rings. The zero-order valence-corrected chi connectivity index (χ0v) is 15.6. The highest BCUT2D eigenvalue weighted by Crippen LogP contribution is 2.21. The number of anilines is 1. The number of benzene rings is 2. The van der Waals surface area contributed by atoms with Crippen molar-refractivity contribution in [2.24, 2.45) is 0 Å². The Morgan fingerprint density at radius 1 is 1.22 bits per heavy atom. The minimum atomic E-state index is -0.826. The highest BCUT2D eigenvalue weighted by molar-refractivity contribution is 7.99. The van der Waals surface area contributed by atoms with Gasteiger partial charge in [0.2, 0.25) is 0 Å². The van der Waals surface area contributed by atoms with Crippen LogP contribution in [-0.2, 0) is 9.53 Å². The first-order chi connectivity index (χ1) is 12.9. The number of amides is 1. The van der Waals surface area contributed by atoms with Gasteiger partial charge in [-0.05, 0) is 30.3 Å². The Morgan fingerprint density at radius 3 is 2.56 bits per heavy atom. The van der Waals surface area contributed by atoms with Crippen LogP contribution in [0.25, 0.3) is 0 Å². The maximum absolute atomic E-state index is 11.9. The smallest absolute Gasteiger partial charge is 0.340 e. The summed E-state index contributed by atoms with van der Waals surface area (Å²) in [5.41, 5.74) is 5.25. The number of ether oxygens (including phenoxy) is 1. The average Bonchev–Trinajstić information content (AvgIpc) is 2.64. The molecule has 0 atom stereocenters. The molecule has 0 aliphatic heterocycles. The van der Waals surface area contributed by atoms with Crippen molar-refractivity contribution in [1.29, 1.82) is 0 Å². The quantitative estimate of drug-likeness (QED) is 0.171. The molecule has 0 aliphatic rings. The largest absolute Gasteiger partial charge is 0.452 e. The lowest BCUT2D eigenvalue weighted by atomic mass is 10.1. The van der Waals surface area contributed by atoms with Crippen LogP contribution in [0.2, 0.25) is 5.02 Å². The van der Waals surface area contributed by atoms with Crippen molar-refractivity contribution in [2.75, 3.05) is 24.6 Å². The minimum Gasteiger partial charge on any atom is -0.452 e. The standard InChI is InChI=1S/C17H16ClN3O5S/c18-11-1-4-13(5-2-11)27-8-7-20-16(22)10-26-17(23)14-6-3-12(21(24)25)9-15(14)19/h1-6,9H,7-8,10,19H2,(H,20,22). The molecule has 0 fully saturated rings. The molecule has 0 saturated carbocycles. The first kappa shape index (κ1) is 20.5. The molecule has 1 amide bonds. The fraction of sp³-hybridized carbons (Fsp3) is 0.176. The molecule has 0 spiro atoms. The number of nitrogen functional groups attached to an aromatic ring is 1. The number of halogens is 1. The van der Waals surface area contributed by atoms with Gasteiger partial charge in [0.05, 0.1) is 16.2 Å². The van der Waals surface area contributed by atoms with Gasteiger partial charge in [0.25, 0.3) is 11.6 Å². The minimum absolute atomic E-state index is 0.0355. The van der Waals surface area contributed by atoms with E-state index < -0.39 is 23.4 Å². The maximum Gasteiger partial charge on any atom is 0.340 e. The Morgan fingerprint density at radius 2 is 1.93 bits per heavy atom. The number of nitro benzene ring substituents is 1. The van der Waals surface area contributed by atoms with Gasteiger partial charge in [-0.15, -0.1) is 11.8 Å². The van der Waals surface area contributed by atoms with Gasteiger partial charge in [0.1, 0.15) is 0 Å². The summed E-state index contributed by atoms with van der Waals surface area (Å²) < 4.78 is 4.88. The molecule has 2 rings (SSSR count). The fourth-order valence-electron chi connectivity index (χ4n) is 2.00. The second-order valence-electron chi connectivity index (χ2n) is 5.26. The second-order valence-corrected chi connectivity index (χ2v) is 6.86. The van der Waals surface area contributed by atoms with Crippen LogP contribution < -0.4 is 11.1 Å². The fourth-order valence-corrected chi connectivity index (χ4v) is 2.89. The zero-order chi connectivity index (χ0) is 19.8.